The second kappa shape index (κ2) is 5.02. The first kappa shape index (κ1) is 14.4. The Bertz CT molecular complexity index is 789. The monoisotopic (exact) mass is 304 g/mol. The second-order valence-electron chi connectivity index (χ2n) is 5.10. The number of hydrogen-bond donors (Lipinski definition) is 1. The number of ketones is 1. The van der Waals surface area contributed by atoms with Crippen molar-refractivity contribution in [3.8, 4) is 5.75 Å². The molecule has 112 valence electrons. The van der Waals surface area contributed by atoms with Crippen molar-refractivity contribution in [2.45, 2.75) is 12.6 Å². The normalized spacial score (nSPS) is 16.1. The highest BCUT2D eigenvalue weighted by atomic mass is 19.4. The zero-order valence-electron chi connectivity index (χ0n) is 11.3. The number of carbonyl (C=O) groups excluding carboxylic acids is 1. The molecule has 0 aromatic heterocycles. The van der Waals surface area contributed by atoms with Crippen molar-refractivity contribution in [2.75, 3.05) is 0 Å². The Morgan fingerprint density at radius 1 is 1.09 bits per heavy atom. The van der Waals surface area contributed by atoms with Gasteiger partial charge in [-0.3, -0.25) is 4.79 Å². The smallest absolute Gasteiger partial charge is 0.416 e. The molecule has 0 amide bonds. The lowest BCUT2D eigenvalue weighted by Crippen LogP contribution is -2.07. The van der Waals surface area contributed by atoms with Crippen LogP contribution in [0.1, 0.15) is 27.0 Å². The van der Waals surface area contributed by atoms with E-state index >= 15 is 0 Å². The van der Waals surface area contributed by atoms with E-state index < -0.39 is 11.7 Å². The number of fused-ring (bicyclic) bond motifs is 1. The third-order valence-electron chi connectivity index (χ3n) is 3.61. The maximum Gasteiger partial charge on any atom is 0.416 e. The summed E-state index contributed by atoms with van der Waals surface area (Å²) in [4.78, 5) is 12.3. The molecule has 1 N–H and O–H groups in total. The van der Waals surface area contributed by atoms with Gasteiger partial charge in [0.15, 0.2) is 5.78 Å². The highest BCUT2D eigenvalue weighted by Crippen LogP contribution is 2.35. The molecule has 0 aliphatic heterocycles. The van der Waals surface area contributed by atoms with Crippen molar-refractivity contribution in [2.24, 2.45) is 0 Å². The van der Waals surface area contributed by atoms with Gasteiger partial charge in [-0.1, -0.05) is 24.3 Å². The van der Waals surface area contributed by atoms with E-state index in [0.29, 0.717) is 11.1 Å². The minimum absolute atomic E-state index is 0.0321. The molecule has 0 spiro atoms. The van der Waals surface area contributed by atoms with Gasteiger partial charge in [-0.2, -0.15) is 13.2 Å². The topological polar surface area (TPSA) is 37.3 Å². The Kier molecular flexibility index (Phi) is 3.28. The van der Waals surface area contributed by atoms with Crippen LogP contribution in [-0.2, 0) is 12.6 Å². The standard InChI is InChI=1S/C17H11F3O2/c18-17(19,20)15-4-2-1-3-11(15)8-12-7-10-5-6-13(21)9-14(10)16(12)22/h1-6,8-9,21H,7H2/b12-8+. The SMILES string of the molecule is O=C1/C(=C/c2ccccc2C(F)(F)F)Cc2ccc(O)cc21. The van der Waals surface area contributed by atoms with Crippen LogP contribution in [0.4, 0.5) is 13.2 Å². The zero-order chi connectivity index (χ0) is 15.9. The summed E-state index contributed by atoms with van der Waals surface area (Å²) in [5.74, 6) is -0.382. The van der Waals surface area contributed by atoms with Gasteiger partial charge in [-0.05, 0) is 35.4 Å². The molecular formula is C17H11F3O2. The number of carbonyl (C=O) groups is 1. The lowest BCUT2D eigenvalue weighted by molar-refractivity contribution is -0.137. The average Bonchev–Trinajstić information content (AvgIpc) is 2.75. The van der Waals surface area contributed by atoms with Crippen LogP contribution in [0.3, 0.4) is 0 Å². The molecule has 0 bridgehead atoms. The third kappa shape index (κ3) is 2.50. The molecule has 22 heavy (non-hydrogen) atoms. The maximum absolute atomic E-state index is 13.0. The first-order chi connectivity index (χ1) is 10.4. The summed E-state index contributed by atoms with van der Waals surface area (Å²) in [6, 6.07) is 9.55. The third-order valence-corrected chi connectivity index (χ3v) is 3.61. The molecule has 2 nitrogen and oxygen atoms in total. The number of hydrogen-bond acceptors (Lipinski definition) is 2. The van der Waals surface area contributed by atoms with Crippen molar-refractivity contribution in [1.29, 1.82) is 0 Å². The van der Waals surface area contributed by atoms with Crippen LogP contribution in [0, 0.1) is 0 Å². The molecule has 2 aromatic carbocycles. The number of allylic oxidation sites excluding steroid dienone is 1. The van der Waals surface area contributed by atoms with E-state index in [4.69, 9.17) is 0 Å². The molecule has 0 atom stereocenters. The van der Waals surface area contributed by atoms with Crippen LogP contribution in [0.5, 0.6) is 5.75 Å². The molecule has 0 saturated heterocycles. The van der Waals surface area contributed by atoms with Gasteiger partial charge < -0.3 is 5.11 Å². The van der Waals surface area contributed by atoms with Crippen LogP contribution in [0.2, 0.25) is 0 Å². The summed E-state index contributed by atoms with van der Waals surface area (Å²) in [7, 11) is 0. The molecule has 0 saturated carbocycles. The van der Waals surface area contributed by atoms with Gasteiger partial charge in [0.05, 0.1) is 5.56 Å². The molecule has 1 aliphatic rings. The molecule has 0 fully saturated rings. The number of alkyl halides is 3. The van der Waals surface area contributed by atoms with Gasteiger partial charge in [0, 0.05) is 17.6 Å². The Balaban J connectivity index is 2.04. The number of halogens is 3. The Labute approximate surface area is 124 Å². The fourth-order valence-electron chi connectivity index (χ4n) is 2.57. The van der Waals surface area contributed by atoms with Crippen LogP contribution in [0.25, 0.3) is 6.08 Å². The van der Waals surface area contributed by atoms with Crippen LogP contribution >= 0.6 is 0 Å². The lowest BCUT2D eigenvalue weighted by Gasteiger charge is -2.10. The summed E-state index contributed by atoms with van der Waals surface area (Å²) in [5.41, 5.74) is 0.538. The van der Waals surface area contributed by atoms with Crippen molar-refractivity contribution in [3.63, 3.8) is 0 Å². The van der Waals surface area contributed by atoms with Gasteiger partial charge in [0.1, 0.15) is 5.75 Å². The van der Waals surface area contributed by atoms with Crippen LogP contribution in [0.15, 0.2) is 48.0 Å². The van der Waals surface area contributed by atoms with Crippen LogP contribution in [-0.4, -0.2) is 10.9 Å². The molecule has 0 radical (unpaired) electrons. The Hall–Kier alpha value is -2.56. The number of benzene rings is 2. The second-order valence-corrected chi connectivity index (χ2v) is 5.10. The van der Waals surface area contributed by atoms with Gasteiger partial charge in [0.2, 0.25) is 0 Å². The molecule has 5 heteroatoms. The first-order valence-electron chi connectivity index (χ1n) is 6.59. The van der Waals surface area contributed by atoms with Gasteiger partial charge in [0.25, 0.3) is 0 Å². The average molecular weight is 304 g/mol. The number of rotatable bonds is 1. The maximum atomic E-state index is 13.0. The quantitative estimate of drug-likeness (QED) is 0.800. The van der Waals surface area contributed by atoms with Gasteiger partial charge in [-0.15, -0.1) is 0 Å². The largest absolute Gasteiger partial charge is 0.508 e. The molecule has 0 heterocycles. The highest BCUT2D eigenvalue weighted by molar-refractivity contribution is 6.15. The van der Waals surface area contributed by atoms with Gasteiger partial charge in [-0.25, -0.2) is 0 Å². The van der Waals surface area contributed by atoms with E-state index in [1.54, 1.807) is 6.07 Å². The van der Waals surface area contributed by atoms with E-state index in [0.717, 1.165) is 6.07 Å². The minimum atomic E-state index is -4.47. The minimum Gasteiger partial charge on any atom is -0.508 e. The first-order valence-corrected chi connectivity index (χ1v) is 6.59. The van der Waals surface area contributed by atoms with E-state index in [-0.39, 0.29) is 29.1 Å². The fourth-order valence-corrected chi connectivity index (χ4v) is 2.57. The van der Waals surface area contributed by atoms with Crippen molar-refractivity contribution < 1.29 is 23.1 Å². The predicted octanol–water partition coefficient (Wildman–Crippen LogP) is 4.23. The van der Waals surface area contributed by atoms with E-state index in [1.165, 1.54) is 36.4 Å². The molecule has 2 aromatic rings. The van der Waals surface area contributed by atoms with E-state index in [9.17, 15) is 23.1 Å². The van der Waals surface area contributed by atoms with Crippen molar-refractivity contribution in [1.82, 2.24) is 0 Å². The zero-order valence-corrected chi connectivity index (χ0v) is 11.3. The lowest BCUT2D eigenvalue weighted by atomic mass is 10.0. The van der Waals surface area contributed by atoms with Crippen molar-refractivity contribution >= 4 is 11.9 Å². The summed E-state index contributed by atoms with van der Waals surface area (Å²) in [6.07, 6.45) is -2.93. The van der Waals surface area contributed by atoms with E-state index in [2.05, 4.69) is 0 Å². The number of phenols is 1. The Morgan fingerprint density at radius 3 is 2.55 bits per heavy atom. The molecule has 1 aliphatic carbocycles. The van der Waals surface area contributed by atoms with Crippen molar-refractivity contribution in [3.05, 3.63) is 70.3 Å². The highest BCUT2D eigenvalue weighted by Gasteiger charge is 2.33. The summed E-state index contributed by atoms with van der Waals surface area (Å²) in [5, 5.41) is 9.42. The van der Waals surface area contributed by atoms with Gasteiger partial charge >= 0.3 is 6.18 Å². The number of Topliss-reactive ketones (excluding diaryl/α,β-unsaturated/α-hetero) is 1. The fraction of sp³-hybridized carbons (Fsp3) is 0.118. The number of phenolic OH excluding ortho intramolecular Hbond substituents is 1. The summed E-state index contributed by atoms with van der Waals surface area (Å²) >= 11 is 0. The number of aromatic hydroxyl groups is 1. The molecular weight excluding hydrogens is 293 g/mol. The predicted molar refractivity (Wildman–Crippen MR) is 75.6 cm³/mol. The Morgan fingerprint density at radius 2 is 1.82 bits per heavy atom. The summed E-state index contributed by atoms with van der Waals surface area (Å²) in [6.45, 7) is 0. The molecule has 3 rings (SSSR count). The molecule has 0 unspecified atom stereocenters. The van der Waals surface area contributed by atoms with E-state index in [1.807, 2.05) is 0 Å². The van der Waals surface area contributed by atoms with Crippen LogP contribution < -0.4 is 0 Å². The summed E-state index contributed by atoms with van der Waals surface area (Å²) < 4.78 is 39.0.